The van der Waals surface area contributed by atoms with Gasteiger partial charge in [0, 0.05) is 28.9 Å². The summed E-state index contributed by atoms with van der Waals surface area (Å²) >= 11 is 0. The van der Waals surface area contributed by atoms with Gasteiger partial charge in [0.2, 0.25) is 0 Å². The third kappa shape index (κ3) is 2.32. The molecule has 0 saturated carbocycles. The van der Waals surface area contributed by atoms with E-state index in [4.69, 9.17) is 4.42 Å². The van der Waals surface area contributed by atoms with Gasteiger partial charge < -0.3 is 9.73 Å². The number of hydrogen-bond acceptors (Lipinski definition) is 3. The fourth-order valence-corrected chi connectivity index (χ4v) is 2.24. The monoisotopic (exact) mass is 252 g/mol. The van der Waals surface area contributed by atoms with Crippen LogP contribution in [0.15, 0.2) is 53.2 Å². The van der Waals surface area contributed by atoms with Crippen LogP contribution in [-0.2, 0) is 0 Å². The minimum Gasteiger partial charge on any atom is -0.464 e. The molecule has 96 valence electrons. The SMILES string of the molecule is Cc1ccc(C(C)Nc2cccc3cnccc23)o1. The van der Waals surface area contributed by atoms with Crippen LogP contribution < -0.4 is 5.32 Å². The summed E-state index contributed by atoms with van der Waals surface area (Å²) in [7, 11) is 0. The van der Waals surface area contributed by atoms with E-state index in [1.807, 2.05) is 43.6 Å². The highest BCUT2D eigenvalue weighted by molar-refractivity contribution is 5.93. The summed E-state index contributed by atoms with van der Waals surface area (Å²) in [5, 5.41) is 5.80. The average Bonchev–Trinajstić information content (AvgIpc) is 2.86. The van der Waals surface area contributed by atoms with Crippen molar-refractivity contribution < 1.29 is 4.42 Å². The molecule has 0 amide bonds. The van der Waals surface area contributed by atoms with Gasteiger partial charge in [-0.25, -0.2) is 0 Å². The first-order valence-electron chi connectivity index (χ1n) is 6.39. The molecule has 0 saturated heterocycles. The Labute approximate surface area is 112 Å². The molecule has 3 nitrogen and oxygen atoms in total. The number of aromatic nitrogens is 1. The minimum atomic E-state index is 0.132. The normalized spacial score (nSPS) is 12.5. The molecule has 0 fully saturated rings. The molecule has 2 heterocycles. The number of nitrogens with one attached hydrogen (secondary N) is 1. The molecule has 3 aromatic rings. The van der Waals surface area contributed by atoms with E-state index in [2.05, 4.69) is 29.4 Å². The maximum Gasteiger partial charge on any atom is 0.126 e. The molecule has 19 heavy (non-hydrogen) atoms. The number of nitrogens with zero attached hydrogens (tertiary/aromatic N) is 1. The predicted octanol–water partition coefficient (Wildman–Crippen LogP) is 4.31. The Morgan fingerprint density at radius 2 is 2.05 bits per heavy atom. The average molecular weight is 252 g/mol. The van der Waals surface area contributed by atoms with Crippen LogP contribution in [0.2, 0.25) is 0 Å². The van der Waals surface area contributed by atoms with Gasteiger partial charge in [-0.15, -0.1) is 0 Å². The molecule has 1 aromatic carbocycles. The number of anilines is 1. The molecule has 1 unspecified atom stereocenters. The Morgan fingerprint density at radius 1 is 1.16 bits per heavy atom. The number of aryl methyl sites for hydroxylation is 1. The van der Waals surface area contributed by atoms with Gasteiger partial charge >= 0.3 is 0 Å². The number of hydrogen-bond donors (Lipinski definition) is 1. The van der Waals surface area contributed by atoms with Crippen LogP contribution in [-0.4, -0.2) is 4.98 Å². The first kappa shape index (κ1) is 11.8. The van der Waals surface area contributed by atoms with E-state index < -0.39 is 0 Å². The Morgan fingerprint density at radius 3 is 2.84 bits per heavy atom. The second-order valence-electron chi connectivity index (χ2n) is 4.72. The van der Waals surface area contributed by atoms with Crippen molar-refractivity contribution in [1.82, 2.24) is 4.98 Å². The Hall–Kier alpha value is -2.29. The third-order valence-electron chi connectivity index (χ3n) is 3.24. The minimum absolute atomic E-state index is 0.132. The van der Waals surface area contributed by atoms with Gasteiger partial charge in [-0.3, -0.25) is 4.98 Å². The van der Waals surface area contributed by atoms with Crippen LogP contribution in [0, 0.1) is 6.92 Å². The summed E-state index contributed by atoms with van der Waals surface area (Å²) in [4.78, 5) is 4.15. The van der Waals surface area contributed by atoms with Gasteiger partial charge in [0.05, 0.1) is 6.04 Å². The van der Waals surface area contributed by atoms with E-state index in [1.54, 1.807) is 0 Å². The topological polar surface area (TPSA) is 38.1 Å². The van der Waals surface area contributed by atoms with E-state index in [1.165, 1.54) is 5.39 Å². The Kier molecular flexibility index (Phi) is 2.95. The van der Waals surface area contributed by atoms with Crippen molar-refractivity contribution >= 4 is 16.5 Å². The fraction of sp³-hybridized carbons (Fsp3) is 0.188. The third-order valence-corrected chi connectivity index (χ3v) is 3.24. The number of rotatable bonds is 3. The van der Waals surface area contributed by atoms with Crippen molar-refractivity contribution in [3.05, 3.63) is 60.3 Å². The van der Waals surface area contributed by atoms with Gasteiger partial charge in [-0.1, -0.05) is 12.1 Å². The lowest BCUT2D eigenvalue weighted by Gasteiger charge is -2.15. The highest BCUT2D eigenvalue weighted by Crippen LogP contribution is 2.27. The molecule has 2 aromatic heterocycles. The molecule has 3 heteroatoms. The van der Waals surface area contributed by atoms with E-state index in [9.17, 15) is 0 Å². The van der Waals surface area contributed by atoms with Gasteiger partial charge in [0.15, 0.2) is 0 Å². The lowest BCUT2D eigenvalue weighted by atomic mass is 10.1. The lowest BCUT2D eigenvalue weighted by Crippen LogP contribution is -2.05. The summed E-state index contributed by atoms with van der Waals surface area (Å²) in [5.41, 5.74) is 1.10. The zero-order valence-electron chi connectivity index (χ0n) is 11.1. The largest absolute Gasteiger partial charge is 0.464 e. The van der Waals surface area contributed by atoms with Crippen LogP contribution in [0.3, 0.4) is 0 Å². The molecule has 0 aliphatic heterocycles. The summed E-state index contributed by atoms with van der Waals surface area (Å²) in [6, 6.07) is 12.3. The molecule has 0 aliphatic carbocycles. The zero-order valence-corrected chi connectivity index (χ0v) is 11.1. The second-order valence-corrected chi connectivity index (χ2v) is 4.72. The fourth-order valence-electron chi connectivity index (χ4n) is 2.24. The van der Waals surface area contributed by atoms with Crippen LogP contribution in [0.5, 0.6) is 0 Å². The van der Waals surface area contributed by atoms with Crippen LogP contribution in [0.25, 0.3) is 10.8 Å². The number of furan rings is 1. The summed E-state index contributed by atoms with van der Waals surface area (Å²) in [5.74, 6) is 1.88. The predicted molar refractivity (Wildman–Crippen MR) is 77.2 cm³/mol. The van der Waals surface area contributed by atoms with Crippen molar-refractivity contribution in [2.45, 2.75) is 19.9 Å². The highest BCUT2D eigenvalue weighted by atomic mass is 16.3. The molecule has 1 atom stereocenters. The molecular formula is C16H16N2O. The summed E-state index contributed by atoms with van der Waals surface area (Å²) < 4.78 is 5.65. The van der Waals surface area contributed by atoms with Crippen molar-refractivity contribution in [1.29, 1.82) is 0 Å². The van der Waals surface area contributed by atoms with Crippen molar-refractivity contribution in [3.63, 3.8) is 0 Å². The molecule has 0 aliphatic rings. The standard InChI is InChI=1S/C16H16N2O/c1-11-6-7-16(19-11)12(2)18-15-5-3-4-13-10-17-9-8-14(13)15/h3-10,12,18H,1-2H3. The van der Waals surface area contributed by atoms with Gasteiger partial charge in [-0.2, -0.15) is 0 Å². The Balaban J connectivity index is 1.93. The summed E-state index contributed by atoms with van der Waals surface area (Å²) in [6.45, 7) is 4.05. The van der Waals surface area contributed by atoms with E-state index in [0.29, 0.717) is 0 Å². The lowest BCUT2D eigenvalue weighted by molar-refractivity contribution is 0.467. The first-order valence-corrected chi connectivity index (χ1v) is 6.39. The first-order chi connectivity index (χ1) is 9.24. The van der Waals surface area contributed by atoms with E-state index >= 15 is 0 Å². The zero-order chi connectivity index (χ0) is 13.2. The molecule has 0 radical (unpaired) electrons. The highest BCUT2D eigenvalue weighted by Gasteiger charge is 2.10. The van der Waals surface area contributed by atoms with Crippen molar-refractivity contribution in [2.24, 2.45) is 0 Å². The molecular weight excluding hydrogens is 236 g/mol. The van der Waals surface area contributed by atoms with Gasteiger partial charge in [0.25, 0.3) is 0 Å². The maximum atomic E-state index is 5.65. The van der Waals surface area contributed by atoms with E-state index in [0.717, 1.165) is 22.6 Å². The van der Waals surface area contributed by atoms with Crippen molar-refractivity contribution in [3.8, 4) is 0 Å². The second kappa shape index (κ2) is 4.76. The van der Waals surface area contributed by atoms with Crippen LogP contribution in [0.1, 0.15) is 24.5 Å². The van der Waals surface area contributed by atoms with E-state index in [-0.39, 0.29) is 6.04 Å². The Bertz CT molecular complexity index is 697. The van der Waals surface area contributed by atoms with Crippen molar-refractivity contribution in [2.75, 3.05) is 5.32 Å². The van der Waals surface area contributed by atoms with Gasteiger partial charge in [0.1, 0.15) is 11.5 Å². The maximum absolute atomic E-state index is 5.65. The number of benzene rings is 1. The summed E-state index contributed by atoms with van der Waals surface area (Å²) in [6.07, 6.45) is 3.69. The molecule has 1 N–H and O–H groups in total. The van der Waals surface area contributed by atoms with Gasteiger partial charge in [-0.05, 0) is 38.1 Å². The number of fused-ring (bicyclic) bond motifs is 1. The smallest absolute Gasteiger partial charge is 0.126 e. The quantitative estimate of drug-likeness (QED) is 0.754. The number of pyridine rings is 1. The molecule has 3 rings (SSSR count). The molecule has 0 bridgehead atoms. The molecule has 0 spiro atoms. The van der Waals surface area contributed by atoms with Crippen LogP contribution in [0.4, 0.5) is 5.69 Å². The van der Waals surface area contributed by atoms with Crippen LogP contribution >= 0.6 is 0 Å².